The molecule has 2 heterocycles. The number of rotatable bonds is 5. The zero-order chi connectivity index (χ0) is 19.7. The Balaban J connectivity index is 1.40. The monoisotopic (exact) mass is 417 g/mol. The molecule has 0 radical (unpaired) electrons. The Morgan fingerprint density at radius 3 is 2.93 bits per heavy atom. The number of hydrogen-bond acceptors (Lipinski definition) is 6. The average molecular weight is 418 g/mol. The van der Waals surface area contributed by atoms with Crippen molar-refractivity contribution in [3.8, 4) is 10.8 Å². The van der Waals surface area contributed by atoms with Gasteiger partial charge in [0, 0.05) is 10.6 Å². The average Bonchev–Trinajstić information content (AvgIpc) is 3.29. The molecule has 2 aromatic heterocycles. The topological polar surface area (TPSA) is 68.0 Å². The van der Waals surface area contributed by atoms with E-state index in [2.05, 4.69) is 28.5 Å². The molecule has 1 aliphatic carbocycles. The molecule has 0 saturated carbocycles. The van der Waals surface area contributed by atoms with Crippen molar-refractivity contribution in [2.24, 2.45) is 5.92 Å². The maximum atomic E-state index is 13.0. The van der Waals surface area contributed by atoms with Gasteiger partial charge >= 0.3 is 0 Å². The highest BCUT2D eigenvalue weighted by atomic mass is 32.2. The molecule has 0 bridgehead atoms. The van der Waals surface area contributed by atoms with E-state index < -0.39 is 5.25 Å². The minimum absolute atomic E-state index is 0.211. The van der Waals surface area contributed by atoms with Gasteiger partial charge in [-0.25, -0.2) is 4.39 Å². The Bertz CT molecular complexity index is 984. The molecular weight excluding hydrogens is 397 g/mol. The highest BCUT2D eigenvalue weighted by molar-refractivity contribution is 8.00. The first-order chi connectivity index (χ1) is 13.5. The summed E-state index contributed by atoms with van der Waals surface area (Å²) in [6.45, 7) is 4.04. The van der Waals surface area contributed by atoms with E-state index in [1.54, 1.807) is 18.3 Å². The van der Waals surface area contributed by atoms with Crippen LogP contribution in [0, 0.1) is 11.7 Å². The molecule has 4 rings (SSSR count). The van der Waals surface area contributed by atoms with Gasteiger partial charge in [0.1, 0.15) is 5.82 Å². The number of thioether (sulfide) groups is 1. The third-order valence-corrected chi connectivity index (χ3v) is 6.86. The Morgan fingerprint density at radius 1 is 1.36 bits per heavy atom. The van der Waals surface area contributed by atoms with Crippen molar-refractivity contribution in [3.63, 3.8) is 0 Å². The number of nitrogens with zero attached hydrogens (tertiary/aromatic N) is 2. The quantitative estimate of drug-likeness (QED) is 0.579. The standard InChI is InChI=1S/C20H20FN3O2S2/c1-11-3-8-16-13(9-11)10-17(28-16)19-23-24-20(26-19)27-12(2)18(25)22-15-6-4-14(21)5-7-15/h4-7,10-12H,3,8-9H2,1-2H3,(H,22,25). The molecule has 0 spiro atoms. The van der Waals surface area contributed by atoms with Crippen LogP contribution in [0.15, 0.2) is 40.0 Å². The number of carbonyl (C=O) groups excluding carboxylic acids is 1. The second kappa shape index (κ2) is 8.05. The summed E-state index contributed by atoms with van der Waals surface area (Å²) >= 11 is 2.92. The van der Waals surface area contributed by atoms with Crippen LogP contribution in [0.1, 0.15) is 30.7 Å². The summed E-state index contributed by atoms with van der Waals surface area (Å²) in [5, 5.41) is 10.9. The van der Waals surface area contributed by atoms with Crippen LogP contribution in [0.4, 0.5) is 10.1 Å². The second-order valence-corrected chi connectivity index (χ2v) is 9.47. The van der Waals surface area contributed by atoms with Gasteiger partial charge in [0.2, 0.25) is 5.91 Å². The Kier molecular flexibility index (Phi) is 5.50. The molecule has 2 atom stereocenters. The van der Waals surface area contributed by atoms with E-state index in [-0.39, 0.29) is 11.7 Å². The Morgan fingerprint density at radius 2 is 2.14 bits per heavy atom. The first-order valence-electron chi connectivity index (χ1n) is 9.16. The van der Waals surface area contributed by atoms with Gasteiger partial charge in [0.15, 0.2) is 0 Å². The number of carbonyl (C=O) groups is 1. The highest BCUT2D eigenvalue weighted by Gasteiger charge is 2.22. The first-order valence-corrected chi connectivity index (χ1v) is 10.9. The van der Waals surface area contributed by atoms with Crippen molar-refractivity contribution in [1.82, 2.24) is 10.2 Å². The minimum atomic E-state index is -0.434. The van der Waals surface area contributed by atoms with Gasteiger partial charge in [0.05, 0.1) is 10.1 Å². The molecule has 0 fully saturated rings. The van der Waals surface area contributed by atoms with Gasteiger partial charge in [-0.3, -0.25) is 4.79 Å². The van der Waals surface area contributed by atoms with Crippen LogP contribution in [-0.2, 0) is 17.6 Å². The van der Waals surface area contributed by atoms with Crippen LogP contribution >= 0.6 is 23.1 Å². The number of halogens is 1. The summed E-state index contributed by atoms with van der Waals surface area (Å²) in [5.74, 6) is 0.658. The zero-order valence-electron chi connectivity index (χ0n) is 15.6. The predicted octanol–water partition coefficient (Wildman–Crippen LogP) is 5.18. The third kappa shape index (κ3) is 4.28. The van der Waals surface area contributed by atoms with Crippen LogP contribution in [0.5, 0.6) is 0 Å². The van der Waals surface area contributed by atoms with E-state index in [0.717, 1.165) is 17.7 Å². The lowest BCUT2D eigenvalue weighted by Gasteiger charge is -2.16. The number of hydrogen-bond donors (Lipinski definition) is 1. The largest absolute Gasteiger partial charge is 0.410 e. The highest BCUT2D eigenvalue weighted by Crippen LogP contribution is 2.37. The lowest BCUT2D eigenvalue weighted by atomic mass is 9.90. The molecular formula is C20H20FN3O2S2. The van der Waals surface area contributed by atoms with Crippen LogP contribution in [0.2, 0.25) is 0 Å². The summed E-state index contributed by atoms with van der Waals surface area (Å²) in [5.41, 5.74) is 1.93. The Hall–Kier alpha value is -2.19. The number of aryl methyl sites for hydroxylation is 1. The maximum Gasteiger partial charge on any atom is 0.277 e. The fraction of sp³-hybridized carbons (Fsp3) is 0.350. The number of anilines is 1. The van der Waals surface area contributed by atoms with Gasteiger partial charge in [-0.05, 0) is 68.0 Å². The number of fused-ring (bicyclic) bond motifs is 1. The minimum Gasteiger partial charge on any atom is -0.410 e. The lowest BCUT2D eigenvalue weighted by Crippen LogP contribution is -2.22. The van der Waals surface area contributed by atoms with Gasteiger partial charge in [-0.2, -0.15) is 0 Å². The number of nitrogens with one attached hydrogen (secondary N) is 1. The fourth-order valence-corrected chi connectivity index (χ4v) is 4.96. The van der Waals surface area contributed by atoms with E-state index >= 15 is 0 Å². The smallest absolute Gasteiger partial charge is 0.277 e. The van der Waals surface area contributed by atoms with Crippen molar-refractivity contribution in [2.45, 2.75) is 43.6 Å². The van der Waals surface area contributed by atoms with Crippen molar-refractivity contribution in [1.29, 1.82) is 0 Å². The molecule has 0 saturated heterocycles. The Labute approximate surface area is 170 Å². The third-order valence-electron chi connectivity index (χ3n) is 4.71. The predicted molar refractivity (Wildman–Crippen MR) is 109 cm³/mol. The van der Waals surface area contributed by atoms with Crippen molar-refractivity contribution in [2.75, 3.05) is 5.32 Å². The first kappa shape index (κ1) is 19.1. The number of amides is 1. The molecule has 1 N–H and O–H groups in total. The molecule has 0 aliphatic heterocycles. The summed E-state index contributed by atoms with van der Waals surface area (Å²) in [7, 11) is 0. The van der Waals surface area contributed by atoms with Crippen molar-refractivity contribution in [3.05, 3.63) is 46.6 Å². The van der Waals surface area contributed by atoms with Gasteiger partial charge in [0.25, 0.3) is 11.1 Å². The van der Waals surface area contributed by atoms with E-state index in [9.17, 15) is 9.18 Å². The summed E-state index contributed by atoms with van der Waals surface area (Å²) < 4.78 is 18.7. The molecule has 1 amide bonds. The van der Waals surface area contributed by atoms with E-state index in [0.29, 0.717) is 22.7 Å². The second-order valence-electron chi connectivity index (χ2n) is 7.04. The summed E-state index contributed by atoms with van der Waals surface area (Å²) in [6.07, 6.45) is 3.43. The van der Waals surface area contributed by atoms with E-state index in [1.807, 2.05) is 0 Å². The molecule has 28 heavy (non-hydrogen) atoms. The lowest BCUT2D eigenvalue weighted by molar-refractivity contribution is -0.115. The fourth-order valence-electron chi connectivity index (χ4n) is 3.15. The van der Waals surface area contributed by atoms with Crippen molar-refractivity contribution < 1.29 is 13.6 Å². The van der Waals surface area contributed by atoms with Gasteiger partial charge in [-0.15, -0.1) is 21.5 Å². The number of aromatic nitrogens is 2. The van der Waals surface area contributed by atoms with Crippen LogP contribution in [-0.4, -0.2) is 21.4 Å². The summed E-state index contributed by atoms with van der Waals surface area (Å²) in [6, 6.07) is 7.81. The molecule has 2 unspecified atom stereocenters. The van der Waals surface area contributed by atoms with Crippen LogP contribution < -0.4 is 5.32 Å². The van der Waals surface area contributed by atoms with E-state index in [1.165, 1.54) is 52.9 Å². The number of benzene rings is 1. The molecule has 3 aromatic rings. The molecule has 146 valence electrons. The van der Waals surface area contributed by atoms with Crippen LogP contribution in [0.25, 0.3) is 10.8 Å². The molecule has 5 nitrogen and oxygen atoms in total. The molecule has 8 heteroatoms. The summed E-state index contributed by atoms with van der Waals surface area (Å²) in [4.78, 5) is 14.7. The number of thiophene rings is 1. The van der Waals surface area contributed by atoms with Crippen molar-refractivity contribution >= 4 is 34.7 Å². The SMILES string of the molecule is CC1CCc2sc(-c3nnc(SC(C)C(=O)Nc4ccc(F)cc4)o3)cc2C1. The molecule has 1 aromatic carbocycles. The normalized spacial score (nSPS) is 17.2. The van der Waals surface area contributed by atoms with Gasteiger partial charge in [-0.1, -0.05) is 18.7 Å². The van der Waals surface area contributed by atoms with E-state index in [4.69, 9.17) is 4.42 Å². The van der Waals surface area contributed by atoms with Gasteiger partial charge < -0.3 is 9.73 Å². The zero-order valence-corrected chi connectivity index (χ0v) is 17.2. The maximum absolute atomic E-state index is 13.0. The molecule has 1 aliphatic rings. The van der Waals surface area contributed by atoms with Crippen LogP contribution in [0.3, 0.4) is 0 Å².